The van der Waals surface area contributed by atoms with Gasteiger partial charge in [0.25, 0.3) is 0 Å². The molecule has 0 spiro atoms. The highest BCUT2D eigenvalue weighted by Crippen LogP contribution is 2.22. The van der Waals surface area contributed by atoms with Gasteiger partial charge < -0.3 is 15.4 Å². The number of carbonyl (C=O) groups excluding carboxylic acids is 2. The summed E-state index contributed by atoms with van der Waals surface area (Å²) in [6.07, 6.45) is 0.732. The minimum absolute atomic E-state index is 0.0131. The van der Waals surface area contributed by atoms with Crippen molar-refractivity contribution in [3.8, 4) is 0 Å². The first-order valence-electron chi connectivity index (χ1n) is 7.11. The number of anilines is 1. The molecule has 0 saturated heterocycles. The maximum atomic E-state index is 12.9. The lowest BCUT2D eigenvalue weighted by Gasteiger charge is -2.16. The van der Waals surface area contributed by atoms with E-state index in [0.717, 1.165) is 12.5 Å². The van der Waals surface area contributed by atoms with Crippen molar-refractivity contribution < 1.29 is 18.7 Å². The normalized spacial score (nSPS) is 10.7. The first-order valence-corrected chi connectivity index (χ1v) is 7.49. The largest absolute Gasteiger partial charge is 0.385 e. The number of carbonyl (C=O) groups is 2. The summed E-state index contributed by atoms with van der Waals surface area (Å²) in [5.41, 5.74) is 0.329. The number of rotatable bonds is 9. The van der Waals surface area contributed by atoms with Crippen LogP contribution in [0.2, 0.25) is 5.02 Å². The standard InChI is InChI=1S/C15H21ClFN3O3/c1-20(9-14(21)18-6-3-7-23-2)10-15(22)19-13-5-4-11(17)8-12(13)16/h4-5,8H,3,6-7,9-10H2,1-2H3,(H,18,21)(H,19,22). The second-order valence-corrected chi connectivity index (χ2v) is 5.45. The van der Waals surface area contributed by atoms with Crippen LogP contribution in [0, 0.1) is 5.82 Å². The molecule has 0 heterocycles. The molecule has 0 aliphatic carbocycles. The Kier molecular flexibility index (Phi) is 8.53. The summed E-state index contributed by atoms with van der Waals surface area (Å²) >= 11 is 5.83. The fraction of sp³-hybridized carbons (Fsp3) is 0.467. The monoisotopic (exact) mass is 345 g/mol. The Balaban J connectivity index is 2.34. The van der Waals surface area contributed by atoms with E-state index in [4.69, 9.17) is 16.3 Å². The number of likely N-dealkylation sites (N-methyl/N-ethyl adjacent to an activating group) is 1. The number of nitrogens with one attached hydrogen (secondary N) is 2. The summed E-state index contributed by atoms with van der Waals surface area (Å²) in [6, 6.07) is 3.71. The Bertz CT molecular complexity index is 543. The average Bonchev–Trinajstić information content (AvgIpc) is 2.46. The third-order valence-electron chi connectivity index (χ3n) is 2.88. The minimum Gasteiger partial charge on any atom is -0.385 e. The van der Waals surface area contributed by atoms with Gasteiger partial charge in [0.1, 0.15) is 5.82 Å². The Labute approximate surface area is 139 Å². The van der Waals surface area contributed by atoms with Gasteiger partial charge >= 0.3 is 0 Å². The Hall–Kier alpha value is -1.70. The number of ether oxygens (including phenoxy) is 1. The van der Waals surface area contributed by atoms with Gasteiger partial charge in [-0.15, -0.1) is 0 Å². The van der Waals surface area contributed by atoms with E-state index in [2.05, 4.69) is 10.6 Å². The SMILES string of the molecule is COCCCNC(=O)CN(C)CC(=O)Nc1ccc(F)cc1Cl. The Morgan fingerprint density at radius 1 is 1.30 bits per heavy atom. The van der Waals surface area contributed by atoms with Gasteiger partial charge in [-0.05, 0) is 31.7 Å². The van der Waals surface area contributed by atoms with Crippen LogP contribution in [0.15, 0.2) is 18.2 Å². The topological polar surface area (TPSA) is 70.7 Å². The van der Waals surface area contributed by atoms with Crippen molar-refractivity contribution in [3.05, 3.63) is 29.0 Å². The third-order valence-corrected chi connectivity index (χ3v) is 3.19. The summed E-state index contributed by atoms with van der Waals surface area (Å²) in [5.74, 6) is -0.986. The van der Waals surface area contributed by atoms with Crippen molar-refractivity contribution in [2.75, 3.05) is 45.7 Å². The van der Waals surface area contributed by atoms with Crippen LogP contribution in [0.3, 0.4) is 0 Å². The molecule has 6 nitrogen and oxygen atoms in total. The van der Waals surface area contributed by atoms with E-state index < -0.39 is 5.82 Å². The predicted molar refractivity (Wildman–Crippen MR) is 87.0 cm³/mol. The molecule has 0 aliphatic rings. The van der Waals surface area contributed by atoms with Gasteiger partial charge in [-0.2, -0.15) is 0 Å². The molecular weight excluding hydrogens is 325 g/mol. The molecule has 0 atom stereocenters. The van der Waals surface area contributed by atoms with Gasteiger partial charge in [-0.1, -0.05) is 11.6 Å². The second kappa shape index (κ2) is 10.1. The van der Waals surface area contributed by atoms with E-state index in [0.29, 0.717) is 18.8 Å². The Morgan fingerprint density at radius 3 is 2.65 bits per heavy atom. The minimum atomic E-state index is -0.477. The number of methoxy groups -OCH3 is 1. The lowest BCUT2D eigenvalue weighted by atomic mass is 10.3. The third kappa shape index (κ3) is 7.92. The maximum Gasteiger partial charge on any atom is 0.238 e. The van der Waals surface area contributed by atoms with Crippen molar-refractivity contribution in [1.29, 1.82) is 0 Å². The summed E-state index contributed by atoms with van der Waals surface area (Å²) in [5, 5.41) is 5.43. The van der Waals surface area contributed by atoms with Crippen LogP contribution in [0.1, 0.15) is 6.42 Å². The number of nitrogens with zero attached hydrogens (tertiary/aromatic N) is 1. The van der Waals surface area contributed by atoms with Crippen LogP contribution in [-0.2, 0) is 14.3 Å². The van der Waals surface area contributed by atoms with Gasteiger partial charge in [0, 0.05) is 20.3 Å². The lowest BCUT2D eigenvalue weighted by molar-refractivity contribution is -0.123. The van der Waals surface area contributed by atoms with E-state index in [9.17, 15) is 14.0 Å². The smallest absolute Gasteiger partial charge is 0.238 e. The number of halogens is 2. The molecule has 0 unspecified atom stereocenters. The van der Waals surface area contributed by atoms with Gasteiger partial charge in [-0.3, -0.25) is 14.5 Å². The van der Waals surface area contributed by atoms with Crippen molar-refractivity contribution in [2.45, 2.75) is 6.42 Å². The highest BCUT2D eigenvalue weighted by atomic mass is 35.5. The molecule has 2 N–H and O–H groups in total. The molecule has 1 aromatic carbocycles. The zero-order valence-corrected chi connectivity index (χ0v) is 14.0. The number of hydrogen-bond acceptors (Lipinski definition) is 4. The fourth-order valence-electron chi connectivity index (χ4n) is 1.83. The molecule has 1 aromatic rings. The summed E-state index contributed by atoms with van der Waals surface area (Å²) in [4.78, 5) is 25.1. The van der Waals surface area contributed by atoms with E-state index in [1.807, 2.05) is 0 Å². The van der Waals surface area contributed by atoms with Crippen LogP contribution in [0.25, 0.3) is 0 Å². The van der Waals surface area contributed by atoms with Crippen molar-refractivity contribution in [3.63, 3.8) is 0 Å². The lowest BCUT2D eigenvalue weighted by Crippen LogP contribution is -2.39. The first-order chi connectivity index (χ1) is 10.9. The van der Waals surface area contributed by atoms with Crippen LogP contribution in [0.4, 0.5) is 10.1 Å². The molecule has 8 heteroatoms. The van der Waals surface area contributed by atoms with Crippen molar-refractivity contribution in [1.82, 2.24) is 10.2 Å². The summed E-state index contributed by atoms with van der Waals surface area (Å²) in [6.45, 7) is 1.21. The number of hydrogen-bond donors (Lipinski definition) is 2. The number of benzene rings is 1. The van der Waals surface area contributed by atoms with Gasteiger partial charge in [-0.25, -0.2) is 4.39 Å². The molecular formula is C15H21ClFN3O3. The highest BCUT2D eigenvalue weighted by molar-refractivity contribution is 6.33. The molecule has 0 radical (unpaired) electrons. The van der Waals surface area contributed by atoms with Crippen LogP contribution in [-0.4, -0.2) is 57.1 Å². The van der Waals surface area contributed by atoms with Gasteiger partial charge in [0.15, 0.2) is 0 Å². The molecule has 0 fully saturated rings. The first kappa shape index (κ1) is 19.3. The predicted octanol–water partition coefficient (Wildman–Crippen LogP) is 1.50. The molecule has 128 valence electrons. The van der Waals surface area contributed by atoms with Crippen LogP contribution < -0.4 is 10.6 Å². The molecule has 2 amide bonds. The van der Waals surface area contributed by atoms with Gasteiger partial charge in [0.05, 0.1) is 23.8 Å². The highest BCUT2D eigenvalue weighted by Gasteiger charge is 2.12. The van der Waals surface area contributed by atoms with Crippen LogP contribution in [0.5, 0.6) is 0 Å². The zero-order valence-electron chi connectivity index (χ0n) is 13.2. The molecule has 1 rings (SSSR count). The molecule has 0 bridgehead atoms. The van der Waals surface area contributed by atoms with E-state index in [1.165, 1.54) is 12.1 Å². The average molecular weight is 346 g/mol. The maximum absolute atomic E-state index is 12.9. The summed E-state index contributed by atoms with van der Waals surface area (Å²) in [7, 11) is 3.25. The Morgan fingerprint density at radius 2 is 2.00 bits per heavy atom. The molecule has 0 aliphatic heterocycles. The zero-order chi connectivity index (χ0) is 17.2. The van der Waals surface area contributed by atoms with E-state index >= 15 is 0 Å². The van der Waals surface area contributed by atoms with Gasteiger partial charge in [0.2, 0.25) is 11.8 Å². The van der Waals surface area contributed by atoms with Crippen LogP contribution >= 0.6 is 11.6 Å². The molecule has 23 heavy (non-hydrogen) atoms. The van der Waals surface area contributed by atoms with E-state index in [1.54, 1.807) is 19.1 Å². The summed E-state index contributed by atoms with van der Waals surface area (Å²) < 4.78 is 17.8. The molecule has 0 aromatic heterocycles. The quantitative estimate of drug-likeness (QED) is 0.665. The van der Waals surface area contributed by atoms with E-state index in [-0.39, 0.29) is 29.9 Å². The number of amides is 2. The second-order valence-electron chi connectivity index (χ2n) is 5.04. The fourth-order valence-corrected chi connectivity index (χ4v) is 2.04. The molecule has 0 saturated carbocycles. The van der Waals surface area contributed by atoms with Crippen molar-refractivity contribution >= 4 is 29.1 Å². The van der Waals surface area contributed by atoms with Crippen molar-refractivity contribution in [2.24, 2.45) is 0 Å².